The number of nitrogens with two attached hydrogens (primary N) is 1. The molecule has 23 heavy (non-hydrogen) atoms. The number of ether oxygens (including phenoxy) is 1. The van der Waals surface area contributed by atoms with Crippen molar-refractivity contribution in [3.63, 3.8) is 0 Å². The number of hydrogen-bond donors (Lipinski definition) is 1. The Kier molecular flexibility index (Phi) is 5.48. The average molecular weight is 356 g/mol. The molecule has 0 spiro atoms. The minimum absolute atomic E-state index is 0.0811. The second kappa shape index (κ2) is 6.87. The number of aryl methyl sites for hydroxylation is 1. The summed E-state index contributed by atoms with van der Waals surface area (Å²) in [5, 5.41) is -0.587. The first-order chi connectivity index (χ1) is 10.8. The van der Waals surface area contributed by atoms with Gasteiger partial charge in [0.25, 0.3) is 0 Å². The molecule has 0 amide bonds. The second-order valence-corrected chi connectivity index (χ2v) is 8.84. The van der Waals surface area contributed by atoms with Gasteiger partial charge in [-0.25, -0.2) is 8.42 Å². The van der Waals surface area contributed by atoms with Gasteiger partial charge in [-0.2, -0.15) is 0 Å². The van der Waals surface area contributed by atoms with Crippen molar-refractivity contribution in [2.75, 3.05) is 19.0 Å². The maximum Gasteiger partial charge on any atom is 0.154 e. The Labute approximate surface area is 144 Å². The lowest BCUT2D eigenvalue weighted by Gasteiger charge is -2.16. The number of sulfone groups is 1. The van der Waals surface area contributed by atoms with Gasteiger partial charge < -0.3 is 10.5 Å². The third kappa shape index (κ3) is 3.16. The van der Waals surface area contributed by atoms with Crippen molar-refractivity contribution < 1.29 is 13.2 Å². The van der Waals surface area contributed by atoms with Crippen LogP contribution in [0.15, 0.2) is 24.3 Å². The Hall–Kier alpha value is -0.980. The van der Waals surface area contributed by atoms with Crippen LogP contribution in [0.3, 0.4) is 0 Å². The molecule has 1 aromatic rings. The minimum atomic E-state index is -3.27. The molecular weight excluding hydrogens is 330 g/mol. The quantitative estimate of drug-likeness (QED) is 0.726. The minimum Gasteiger partial charge on any atom is -0.393 e. The van der Waals surface area contributed by atoms with Gasteiger partial charge in [-0.05, 0) is 24.5 Å². The molecular formula is C17H25NO3S2. The topological polar surface area (TPSA) is 69.4 Å². The van der Waals surface area contributed by atoms with Crippen LogP contribution in [0.25, 0.3) is 0 Å². The van der Waals surface area contributed by atoms with Crippen molar-refractivity contribution in [1.29, 1.82) is 0 Å². The Morgan fingerprint density at radius 3 is 2.30 bits per heavy atom. The molecule has 3 atom stereocenters. The SMILES string of the molecule is CCOC[C@@]1(C(N)=S)[C@@H](c2ccc(CC)cc2)[C@@H]1S(=O)(=O)CC. The lowest BCUT2D eigenvalue weighted by molar-refractivity contribution is 0.121. The molecule has 2 rings (SSSR count). The highest BCUT2D eigenvalue weighted by atomic mass is 32.2. The highest BCUT2D eigenvalue weighted by molar-refractivity contribution is 7.92. The summed E-state index contributed by atoms with van der Waals surface area (Å²) in [6.45, 7) is 6.39. The van der Waals surface area contributed by atoms with E-state index < -0.39 is 20.5 Å². The molecule has 0 aliphatic heterocycles. The first-order valence-electron chi connectivity index (χ1n) is 8.03. The maximum atomic E-state index is 12.6. The van der Waals surface area contributed by atoms with Gasteiger partial charge >= 0.3 is 0 Å². The summed E-state index contributed by atoms with van der Waals surface area (Å²) in [5.41, 5.74) is 7.39. The van der Waals surface area contributed by atoms with Crippen molar-refractivity contribution >= 4 is 27.0 Å². The summed E-state index contributed by atoms with van der Waals surface area (Å²) in [4.78, 5) is 0.234. The maximum absolute atomic E-state index is 12.6. The molecule has 1 aliphatic carbocycles. The fourth-order valence-corrected chi connectivity index (χ4v) is 5.82. The van der Waals surface area contributed by atoms with Gasteiger partial charge in [-0.3, -0.25) is 0 Å². The van der Waals surface area contributed by atoms with Gasteiger partial charge in [0, 0.05) is 18.3 Å². The standard InChI is InChI=1S/C17H25NO3S2/c1-4-12-7-9-13(10-8-12)14-15(23(19,20)6-3)17(14,16(18)22)11-21-5-2/h7-10,14-15H,4-6,11H2,1-3H3,(H2,18,22)/t14-,15-,17+/m0/s1. The van der Waals surface area contributed by atoms with E-state index in [9.17, 15) is 8.42 Å². The van der Waals surface area contributed by atoms with E-state index in [1.54, 1.807) is 6.92 Å². The van der Waals surface area contributed by atoms with E-state index in [2.05, 4.69) is 6.92 Å². The van der Waals surface area contributed by atoms with E-state index in [0.29, 0.717) is 6.61 Å². The van der Waals surface area contributed by atoms with E-state index >= 15 is 0 Å². The van der Waals surface area contributed by atoms with Gasteiger partial charge in [0.1, 0.15) is 0 Å². The van der Waals surface area contributed by atoms with Gasteiger partial charge in [0.2, 0.25) is 0 Å². The third-order valence-electron chi connectivity index (χ3n) is 4.80. The number of hydrogen-bond acceptors (Lipinski definition) is 4. The van der Waals surface area contributed by atoms with E-state index in [4.69, 9.17) is 22.7 Å². The van der Waals surface area contributed by atoms with Gasteiger partial charge in [-0.1, -0.05) is 50.3 Å². The molecule has 0 heterocycles. The summed E-state index contributed by atoms with van der Waals surface area (Å²) >= 11 is 5.26. The number of rotatable bonds is 8. The molecule has 0 aromatic heterocycles. The smallest absolute Gasteiger partial charge is 0.154 e. The van der Waals surface area contributed by atoms with Gasteiger partial charge in [0.15, 0.2) is 9.84 Å². The van der Waals surface area contributed by atoms with E-state index in [-0.39, 0.29) is 23.3 Å². The first-order valence-corrected chi connectivity index (χ1v) is 10.2. The predicted octanol–water partition coefficient (Wildman–Crippen LogP) is 2.46. The van der Waals surface area contributed by atoms with Crippen molar-refractivity contribution in [2.24, 2.45) is 11.1 Å². The van der Waals surface area contributed by atoms with Crippen LogP contribution < -0.4 is 5.73 Å². The average Bonchev–Trinajstić information content (AvgIpc) is 3.24. The molecule has 1 saturated carbocycles. The van der Waals surface area contributed by atoms with Gasteiger partial charge in [-0.15, -0.1) is 0 Å². The third-order valence-corrected chi connectivity index (χ3v) is 7.45. The van der Waals surface area contributed by atoms with Crippen LogP contribution in [0.5, 0.6) is 0 Å². The van der Waals surface area contributed by atoms with Crippen molar-refractivity contribution in [2.45, 2.75) is 38.4 Å². The van der Waals surface area contributed by atoms with Crippen LogP contribution in [0, 0.1) is 5.41 Å². The molecule has 1 fully saturated rings. The molecule has 0 unspecified atom stereocenters. The highest BCUT2D eigenvalue weighted by Crippen LogP contribution is 2.63. The zero-order valence-corrected chi connectivity index (χ0v) is 15.5. The zero-order chi connectivity index (χ0) is 17.3. The lowest BCUT2D eigenvalue weighted by Crippen LogP contribution is -2.34. The van der Waals surface area contributed by atoms with Crippen LogP contribution in [0.2, 0.25) is 0 Å². The van der Waals surface area contributed by atoms with Crippen molar-refractivity contribution in [3.8, 4) is 0 Å². The normalized spacial score (nSPS) is 26.9. The van der Waals surface area contributed by atoms with Crippen LogP contribution in [0.4, 0.5) is 0 Å². The molecule has 4 nitrogen and oxygen atoms in total. The first kappa shape index (κ1) is 18.4. The Balaban J connectivity index is 2.46. The highest BCUT2D eigenvalue weighted by Gasteiger charge is 2.72. The number of benzene rings is 1. The fraction of sp³-hybridized carbons (Fsp3) is 0.588. The molecule has 1 aromatic carbocycles. The van der Waals surface area contributed by atoms with Crippen LogP contribution in [0.1, 0.15) is 37.8 Å². The predicted molar refractivity (Wildman–Crippen MR) is 97.5 cm³/mol. The Morgan fingerprint density at radius 1 is 1.26 bits per heavy atom. The van der Waals surface area contributed by atoms with Crippen LogP contribution in [-0.4, -0.2) is 37.6 Å². The summed E-state index contributed by atoms with van der Waals surface area (Å²) in [6.07, 6.45) is 0.945. The number of thiocarbonyl (C=S) groups is 1. The molecule has 6 heteroatoms. The Bertz CT molecular complexity index is 670. The second-order valence-electron chi connectivity index (χ2n) is 5.99. The van der Waals surface area contributed by atoms with Crippen molar-refractivity contribution in [3.05, 3.63) is 35.4 Å². The Morgan fingerprint density at radius 2 is 1.87 bits per heavy atom. The summed E-state index contributed by atoms with van der Waals surface area (Å²) in [5.74, 6) is -0.139. The van der Waals surface area contributed by atoms with E-state index in [0.717, 1.165) is 12.0 Å². The molecule has 0 bridgehead atoms. The molecule has 128 valence electrons. The zero-order valence-electron chi connectivity index (χ0n) is 13.9. The van der Waals surface area contributed by atoms with Crippen LogP contribution in [-0.2, 0) is 21.0 Å². The monoisotopic (exact) mass is 355 g/mol. The molecule has 2 N–H and O–H groups in total. The lowest BCUT2D eigenvalue weighted by atomic mass is 9.98. The van der Waals surface area contributed by atoms with Gasteiger partial charge in [0.05, 0.1) is 22.3 Å². The summed E-state index contributed by atoms with van der Waals surface area (Å²) in [7, 11) is -3.27. The van der Waals surface area contributed by atoms with Crippen LogP contribution >= 0.6 is 12.2 Å². The summed E-state index contributed by atoms with van der Waals surface area (Å²) in [6, 6.07) is 8.06. The molecule has 0 radical (unpaired) electrons. The fourth-order valence-electron chi connectivity index (χ4n) is 3.35. The molecule has 1 aliphatic rings. The van der Waals surface area contributed by atoms with E-state index in [1.165, 1.54) is 5.56 Å². The largest absolute Gasteiger partial charge is 0.393 e. The summed E-state index contributed by atoms with van der Waals surface area (Å²) < 4.78 is 30.7. The van der Waals surface area contributed by atoms with Crippen molar-refractivity contribution in [1.82, 2.24) is 0 Å². The van der Waals surface area contributed by atoms with E-state index in [1.807, 2.05) is 31.2 Å². The molecule has 0 saturated heterocycles.